The number of aromatic nitrogens is 3. The zero-order valence-electron chi connectivity index (χ0n) is 20.9. The standard InChI is InChI=1S/C22H23FN2.C8H12N2/c1-15(2)21-10-16(3)22(19-13-24-25-14-19)12-18(21)8-4-6-17-7-5-9-20(23)11-17;1-2-7-4-3-5-10-8(7)6-9/h5,7,9-14H,1,4,6,8H2,2-3H3,(H,24,25);3-5H,2,6,9H2,1H3. The maximum absolute atomic E-state index is 13.3. The number of halogens is 1. The van der Waals surface area contributed by atoms with Gasteiger partial charge in [-0.25, -0.2) is 4.39 Å². The van der Waals surface area contributed by atoms with Gasteiger partial charge in [0.25, 0.3) is 0 Å². The minimum absolute atomic E-state index is 0.169. The summed E-state index contributed by atoms with van der Waals surface area (Å²) < 4.78 is 13.3. The lowest BCUT2D eigenvalue weighted by Crippen LogP contribution is -2.02. The van der Waals surface area contributed by atoms with Crippen molar-refractivity contribution in [3.63, 3.8) is 0 Å². The van der Waals surface area contributed by atoms with Gasteiger partial charge in [0.1, 0.15) is 5.82 Å². The molecule has 5 heteroatoms. The van der Waals surface area contributed by atoms with Crippen molar-refractivity contribution >= 4 is 5.57 Å². The van der Waals surface area contributed by atoms with Crippen molar-refractivity contribution in [1.82, 2.24) is 15.2 Å². The highest BCUT2D eigenvalue weighted by Crippen LogP contribution is 2.30. The molecule has 0 amide bonds. The number of rotatable bonds is 8. The maximum Gasteiger partial charge on any atom is 0.123 e. The van der Waals surface area contributed by atoms with E-state index in [-0.39, 0.29) is 5.82 Å². The van der Waals surface area contributed by atoms with E-state index in [0.717, 1.165) is 48.1 Å². The molecule has 4 rings (SSSR count). The van der Waals surface area contributed by atoms with Gasteiger partial charge in [0.15, 0.2) is 0 Å². The number of aromatic amines is 1. The van der Waals surface area contributed by atoms with Gasteiger partial charge in [-0.15, -0.1) is 0 Å². The second kappa shape index (κ2) is 12.8. The summed E-state index contributed by atoms with van der Waals surface area (Å²) in [6.45, 7) is 10.9. The van der Waals surface area contributed by atoms with Crippen molar-refractivity contribution in [3.05, 3.63) is 113 Å². The molecule has 2 aromatic heterocycles. The van der Waals surface area contributed by atoms with Crippen LogP contribution in [-0.2, 0) is 25.8 Å². The summed E-state index contributed by atoms with van der Waals surface area (Å²) in [4.78, 5) is 4.14. The number of nitrogens with one attached hydrogen (secondary N) is 1. The molecular formula is C30H35FN4. The van der Waals surface area contributed by atoms with E-state index in [4.69, 9.17) is 5.73 Å². The highest BCUT2D eigenvalue weighted by atomic mass is 19.1. The van der Waals surface area contributed by atoms with Gasteiger partial charge in [-0.2, -0.15) is 5.10 Å². The first-order valence-electron chi connectivity index (χ1n) is 12.1. The number of H-pyrrole nitrogens is 1. The van der Waals surface area contributed by atoms with Crippen molar-refractivity contribution in [2.45, 2.75) is 53.0 Å². The number of nitrogens with two attached hydrogens (primary N) is 1. The van der Waals surface area contributed by atoms with Gasteiger partial charge in [-0.3, -0.25) is 10.1 Å². The van der Waals surface area contributed by atoms with E-state index in [0.29, 0.717) is 6.54 Å². The normalized spacial score (nSPS) is 10.5. The van der Waals surface area contributed by atoms with Crippen LogP contribution in [0.4, 0.5) is 4.39 Å². The number of hydrogen-bond donors (Lipinski definition) is 2. The number of allylic oxidation sites excluding steroid dienone is 1. The Kier molecular flexibility index (Phi) is 9.50. The second-order valence-electron chi connectivity index (χ2n) is 8.74. The molecule has 0 bridgehead atoms. The summed E-state index contributed by atoms with van der Waals surface area (Å²) >= 11 is 0. The molecule has 0 aliphatic rings. The zero-order valence-corrected chi connectivity index (χ0v) is 20.9. The Labute approximate surface area is 208 Å². The molecule has 3 N–H and O–H groups in total. The molecule has 4 nitrogen and oxygen atoms in total. The average molecular weight is 471 g/mol. The van der Waals surface area contributed by atoms with Crippen LogP contribution >= 0.6 is 0 Å². The molecule has 0 aliphatic heterocycles. The third kappa shape index (κ3) is 7.20. The molecule has 0 saturated carbocycles. The summed E-state index contributed by atoms with van der Waals surface area (Å²) in [6.07, 6.45) is 9.32. The Morgan fingerprint density at radius 3 is 2.54 bits per heavy atom. The van der Waals surface area contributed by atoms with Gasteiger partial charge in [-0.1, -0.05) is 49.4 Å². The molecule has 182 valence electrons. The summed E-state index contributed by atoms with van der Waals surface area (Å²) in [6, 6.07) is 15.3. The van der Waals surface area contributed by atoms with Crippen LogP contribution in [0.1, 0.15) is 53.8 Å². The predicted molar refractivity (Wildman–Crippen MR) is 143 cm³/mol. The van der Waals surface area contributed by atoms with Crippen LogP contribution in [0.2, 0.25) is 0 Å². The average Bonchev–Trinajstić information content (AvgIpc) is 3.39. The third-order valence-corrected chi connectivity index (χ3v) is 6.08. The second-order valence-corrected chi connectivity index (χ2v) is 8.74. The van der Waals surface area contributed by atoms with Crippen LogP contribution in [-0.4, -0.2) is 15.2 Å². The van der Waals surface area contributed by atoms with Crippen molar-refractivity contribution in [2.24, 2.45) is 5.73 Å². The molecule has 0 saturated heterocycles. The lowest BCUT2D eigenvalue weighted by atomic mass is 9.90. The lowest BCUT2D eigenvalue weighted by Gasteiger charge is -2.14. The van der Waals surface area contributed by atoms with Gasteiger partial charge in [0.05, 0.1) is 11.9 Å². The van der Waals surface area contributed by atoms with Crippen molar-refractivity contribution in [3.8, 4) is 11.1 Å². The third-order valence-electron chi connectivity index (χ3n) is 6.08. The fourth-order valence-corrected chi connectivity index (χ4v) is 4.22. The first-order chi connectivity index (χ1) is 16.9. The van der Waals surface area contributed by atoms with E-state index in [1.165, 1.54) is 33.9 Å². The Bertz CT molecular complexity index is 1220. The van der Waals surface area contributed by atoms with Gasteiger partial charge in [0.2, 0.25) is 0 Å². The van der Waals surface area contributed by atoms with E-state index < -0.39 is 0 Å². The van der Waals surface area contributed by atoms with E-state index in [1.807, 2.05) is 31.5 Å². The quantitative estimate of drug-likeness (QED) is 0.296. The molecule has 0 atom stereocenters. The zero-order chi connectivity index (χ0) is 25.2. The number of benzene rings is 2. The Hall–Kier alpha value is -3.57. The molecule has 0 aliphatic carbocycles. The first-order valence-corrected chi connectivity index (χ1v) is 12.1. The van der Waals surface area contributed by atoms with Crippen LogP contribution in [0, 0.1) is 12.7 Å². The monoisotopic (exact) mass is 470 g/mol. The predicted octanol–water partition coefficient (Wildman–Crippen LogP) is 6.84. The van der Waals surface area contributed by atoms with Crippen molar-refractivity contribution in [1.29, 1.82) is 0 Å². The van der Waals surface area contributed by atoms with Crippen LogP contribution in [0.5, 0.6) is 0 Å². The van der Waals surface area contributed by atoms with Gasteiger partial charge in [0, 0.05) is 24.5 Å². The van der Waals surface area contributed by atoms with E-state index >= 15 is 0 Å². The fourth-order valence-electron chi connectivity index (χ4n) is 4.22. The number of hydrogen-bond acceptors (Lipinski definition) is 3. The van der Waals surface area contributed by atoms with Crippen molar-refractivity contribution in [2.75, 3.05) is 0 Å². The lowest BCUT2D eigenvalue weighted by molar-refractivity contribution is 0.624. The number of aryl methyl sites for hydroxylation is 4. The van der Waals surface area contributed by atoms with Gasteiger partial charge in [-0.05, 0) is 91.1 Å². The minimum atomic E-state index is -0.169. The molecule has 35 heavy (non-hydrogen) atoms. The summed E-state index contributed by atoms with van der Waals surface area (Å²) in [5.74, 6) is -0.169. The molecular weight excluding hydrogens is 435 g/mol. The smallest absolute Gasteiger partial charge is 0.123 e. The Morgan fingerprint density at radius 1 is 1.09 bits per heavy atom. The van der Waals surface area contributed by atoms with E-state index in [2.05, 4.69) is 53.8 Å². The Morgan fingerprint density at radius 2 is 1.91 bits per heavy atom. The Balaban J connectivity index is 0.000000287. The summed E-state index contributed by atoms with van der Waals surface area (Å²) in [5, 5.41) is 6.94. The molecule has 2 heterocycles. The van der Waals surface area contributed by atoms with Crippen LogP contribution < -0.4 is 5.73 Å². The fraction of sp³-hybridized carbons (Fsp3) is 0.267. The molecule has 4 aromatic rings. The molecule has 0 fully saturated rings. The minimum Gasteiger partial charge on any atom is -0.325 e. The first kappa shape index (κ1) is 26.0. The van der Waals surface area contributed by atoms with Crippen LogP contribution in [0.15, 0.2) is 73.7 Å². The highest BCUT2D eigenvalue weighted by molar-refractivity contribution is 5.73. The van der Waals surface area contributed by atoms with Crippen LogP contribution in [0.25, 0.3) is 16.7 Å². The molecule has 0 spiro atoms. The largest absolute Gasteiger partial charge is 0.325 e. The number of nitrogens with zero attached hydrogens (tertiary/aromatic N) is 2. The maximum atomic E-state index is 13.3. The number of pyridine rings is 1. The summed E-state index contributed by atoms with van der Waals surface area (Å²) in [5.41, 5.74) is 15.8. The molecule has 2 aromatic carbocycles. The summed E-state index contributed by atoms with van der Waals surface area (Å²) in [7, 11) is 0. The van der Waals surface area contributed by atoms with Gasteiger partial charge < -0.3 is 5.73 Å². The van der Waals surface area contributed by atoms with E-state index in [9.17, 15) is 4.39 Å². The van der Waals surface area contributed by atoms with E-state index in [1.54, 1.807) is 18.3 Å². The SMILES string of the molecule is C=C(C)c1cc(C)c(-c2cn[nH]c2)cc1CCCc1cccc(F)c1.CCc1cccnc1CN. The highest BCUT2D eigenvalue weighted by Gasteiger charge is 2.11. The topological polar surface area (TPSA) is 67.6 Å². The van der Waals surface area contributed by atoms with Gasteiger partial charge >= 0.3 is 0 Å². The molecule has 0 unspecified atom stereocenters. The molecule has 0 radical (unpaired) electrons. The van der Waals surface area contributed by atoms with Crippen molar-refractivity contribution < 1.29 is 4.39 Å². The van der Waals surface area contributed by atoms with Crippen LogP contribution in [0.3, 0.4) is 0 Å².